The lowest BCUT2D eigenvalue weighted by atomic mass is 10.0. The minimum Gasteiger partial charge on any atom is -0.316 e. The Morgan fingerprint density at radius 1 is 1.36 bits per heavy atom. The van der Waals surface area contributed by atoms with Gasteiger partial charge in [0.1, 0.15) is 4.90 Å². The summed E-state index contributed by atoms with van der Waals surface area (Å²) in [4.78, 5) is -0.548. The lowest BCUT2D eigenvalue weighted by Gasteiger charge is -2.23. The summed E-state index contributed by atoms with van der Waals surface area (Å²) < 4.78 is 64.8. The predicted octanol–water partition coefficient (Wildman–Crippen LogP) is 2.64. The van der Waals surface area contributed by atoms with Crippen LogP contribution in [0.4, 0.5) is 13.2 Å². The molecule has 1 atom stereocenters. The number of hydrogen-bond acceptors (Lipinski definition) is 3. The van der Waals surface area contributed by atoms with Crippen LogP contribution in [0.1, 0.15) is 18.4 Å². The van der Waals surface area contributed by atoms with Crippen LogP contribution in [0.25, 0.3) is 0 Å². The van der Waals surface area contributed by atoms with Gasteiger partial charge in [0.25, 0.3) is 0 Å². The maximum absolute atomic E-state index is 12.7. The van der Waals surface area contributed by atoms with Gasteiger partial charge in [-0.05, 0) is 50.0 Å². The van der Waals surface area contributed by atoms with E-state index in [1.54, 1.807) is 0 Å². The molecule has 0 spiro atoms. The van der Waals surface area contributed by atoms with Crippen molar-refractivity contribution < 1.29 is 21.6 Å². The summed E-state index contributed by atoms with van der Waals surface area (Å²) in [5.74, 6) is 0.119. The summed E-state index contributed by atoms with van der Waals surface area (Å²) in [6.07, 6.45) is -2.81. The molecule has 1 fully saturated rings. The molecule has 2 N–H and O–H groups in total. The first kappa shape index (κ1) is 17.5. The first-order chi connectivity index (χ1) is 10.2. The van der Waals surface area contributed by atoms with Gasteiger partial charge in [-0.25, -0.2) is 13.1 Å². The molecule has 1 aliphatic heterocycles. The number of sulfonamides is 1. The highest BCUT2D eigenvalue weighted by molar-refractivity contribution is 7.89. The van der Waals surface area contributed by atoms with Crippen LogP contribution < -0.4 is 10.0 Å². The molecular weight excluding hydrogens is 341 g/mol. The zero-order valence-corrected chi connectivity index (χ0v) is 13.2. The number of halogens is 4. The Morgan fingerprint density at radius 3 is 2.68 bits per heavy atom. The fourth-order valence-corrected chi connectivity index (χ4v) is 3.93. The van der Waals surface area contributed by atoms with Gasteiger partial charge in [-0.3, -0.25) is 0 Å². The Hall–Kier alpha value is -0.830. The predicted molar refractivity (Wildman–Crippen MR) is 77.2 cm³/mol. The van der Waals surface area contributed by atoms with Crippen molar-refractivity contribution in [2.24, 2.45) is 5.92 Å². The molecule has 1 aliphatic rings. The zero-order chi connectivity index (χ0) is 16.4. The van der Waals surface area contributed by atoms with Crippen LogP contribution in [0.5, 0.6) is 0 Å². The van der Waals surface area contributed by atoms with Crippen LogP contribution in [0.3, 0.4) is 0 Å². The Labute approximate surface area is 132 Å². The fraction of sp³-hybridized carbons (Fsp3) is 0.538. The van der Waals surface area contributed by atoms with Gasteiger partial charge in [-0.1, -0.05) is 11.6 Å². The third-order valence-electron chi connectivity index (χ3n) is 3.51. The average Bonchev–Trinajstić information content (AvgIpc) is 2.45. The van der Waals surface area contributed by atoms with Crippen molar-refractivity contribution >= 4 is 21.6 Å². The van der Waals surface area contributed by atoms with Crippen molar-refractivity contribution in [2.45, 2.75) is 23.9 Å². The lowest BCUT2D eigenvalue weighted by Crippen LogP contribution is -2.38. The van der Waals surface area contributed by atoms with E-state index in [0.29, 0.717) is 12.6 Å². The van der Waals surface area contributed by atoms with E-state index < -0.39 is 26.7 Å². The van der Waals surface area contributed by atoms with Gasteiger partial charge in [0.2, 0.25) is 10.0 Å². The van der Waals surface area contributed by atoms with Crippen LogP contribution in [0.2, 0.25) is 5.02 Å². The van der Waals surface area contributed by atoms with Gasteiger partial charge in [0.05, 0.1) is 10.6 Å². The Kier molecular flexibility index (Phi) is 5.37. The number of benzene rings is 1. The highest BCUT2D eigenvalue weighted by Crippen LogP contribution is 2.33. The highest BCUT2D eigenvalue weighted by atomic mass is 35.5. The van der Waals surface area contributed by atoms with Crippen LogP contribution in [0, 0.1) is 5.92 Å². The molecule has 9 heteroatoms. The van der Waals surface area contributed by atoms with Crippen molar-refractivity contribution in [3.63, 3.8) is 0 Å². The van der Waals surface area contributed by atoms with E-state index in [2.05, 4.69) is 10.0 Å². The molecule has 0 aromatic heterocycles. The zero-order valence-electron chi connectivity index (χ0n) is 11.6. The van der Waals surface area contributed by atoms with E-state index in [-0.39, 0.29) is 17.5 Å². The molecule has 0 saturated carbocycles. The van der Waals surface area contributed by atoms with Crippen LogP contribution in [0.15, 0.2) is 23.1 Å². The van der Waals surface area contributed by atoms with E-state index in [1.807, 2.05) is 0 Å². The number of hydrogen-bond donors (Lipinski definition) is 2. The normalized spacial score (nSPS) is 20.1. The molecular formula is C13H16ClF3N2O2S. The van der Waals surface area contributed by atoms with E-state index >= 15 is 0 Å². The summed E-state index contributed by atoms with van der Waals surface area (Å²) >= 11 is 5.75. The summed E-state index contributed by atoms with van der Waals surface area (Å²) in [7, 11) is -4.08. The molecule has 0 radical (unpaired) electrons. The monoisotopic (exact) mass is 356 g/mol. The number of piperidine rings is 1. The second kappa shape index (κ2) is 6.74. The van der Waals surface area contributed by atoms with Gasteiger partial charge in [0.15, 0.2) is 0 Å². The van der Waals surface area contributed by atoms with Gasteiger partial charge < -0.3 is 5.32 Å². The molecule has 22 heavy (non-hydrogen) atoms. The third-order valence-corrected chi connectivity index (χ3v) is 5.41. The Bertz CT molecular complexity index is 629. The van der Waals surface area contributed by atoms with Gasteiger partial charge in [-0.2, -0.15) is 13.2 Å². The Balaban J connectivity index is 2.17. The minimum atomic E-state index is -4.62. The van der Waals surface area contributed by atoms with Crippen molar-refractivity contribution in [1.82, 2.24) is 10.0 Å². The Morgan fingerprint density at radius 2 is 2.09 bits per heavy atom. The maximum Gasteiger partial charge on any atom is 0.416 e. The largest absolute Gasteiger partial charge is 0.416 e. The molecule has 1 heterocycles. The molecule has 1 unspecified atom stereocenters. The van der Waals surface area contributed by atoms with E-state index in [0.717, 1.165) is 31.5 Å². The average molecular weight is 357 g/mol. The van der Waals surface area contributed by atoms with Crippen molar-refractivity contribution in [3.05, 3.63) is 28.8 Å². The smallest absolute Gasteiger partial charge is 0.316 e. The van der Waals surface area contributed by atoms with E-state index in [9.17, 15) is 21.6 Å². The molecule has 1 aromatic carbocycles. The first-order valence-electron chi connectivity index (χ1n) is 6.77. The first-order valence-corrected chi connectivity index (χ1v) is 8.63. The summed E-state index contributed by atoms with van der Waals surface area (Å²) in [6.45, 7) is 1.74. The molecule has 2 rings (SSSR count). The molecule has 1 saturated heterocycles. The van der Waals surface area contributed by atoms with Crippen LogP contribution in [-0.4, -0.2) is 28.1 Å². The lowest BCUT2D eigenvalue weighted by molar-refractivity contribution is -0.137. The van der Waals surface area contributed by atoms with Crippen molar-refractivity contribution in [1.29, 1.82) is 0 Å². The van der Waals surface area contributed by atoms with Crippen LogP contribution in [-0.2, 0) is 16.2 Å². The van der Waals surface area contributed by atoms with Crippen molar-refractivity contribution in [2.75, 3.05) is 19.6 Å². The molecule has 124 valence electrons. The maximum atomic E-state index is 12.7. The fourth-order valence-electron chi connectivity index (χ4n) is 2.29. The summed E-state index contributed by atoms with van der Waals surface area (Å²) in [6, 6.07) is 2.26. The van der Waals surface area contributed by atoms with Gasteiger partial charge >= 0.3 is 6.18 Å². The van der Waals surface area contributed by atoms with E-state index in [4.69, 9.17) is 11.6 Å². The van der Waals surface area contributed by atoms with Gasteiger partial charge in [0, 0.05) is 6.54 Å². The number of nitrogens with one attached hydrogen (secondary N) is 2. The van der Waals surface area contributed by atoms with E-state index in [1.165, 1.54) is 0 Å². The highest BCUT2D eigenvalue weighted by Gasteiger charge is 2.32. The van der Waals surface area contributed by atoms with Crippen molar-refractivity contribution in [3.8, 4) is 0 Å². The van der Waals surface area contributed by atoms with Gasteiger partial charge in [-0.15, -0.1) is 0 Å². The summed E-state index contributed by atoms with van der Waals surface area (Å²) in [5.41, 5.74) is -1.04. The topological polar surface area (TPSA) is 58.2 Å². The second-order valence-corrected chi connectivity index (χ2v) is 7.35. The van der Waals surface area contributed by atoms with Crippen LogP contribution >= 0.6 is 11.6 Å². The molecule has 4 nitrogen and oxygen atoms in total. The number of rotatable bonds is 4. The molecule has 0 amide bonds. The minimum absolute atomic E-state index is 0.119. The standard InChI is InChI=1S/C13H16ClF3N2O2S/c14-11-4-3-10(13(15,16)17)6-12(11)22(20,21)19-8-9-2-1-5-18-7-9/h3-4,6,9,18-19H,1-2,5,7-8H2. The number of alkyl halides is 3. The molecule has 1 aromatic rings. The third kappa shape index (κ3) is 4.34. The quantitative estimate of drug-likeness (QED) is 0.872. The SMILES string of the molecule is O=S(=O)(NCC1CCCNC1)c1cc(C(F)(F)F)ccc1Cl. The molecule has 0 aliphatic carbocycles. The molecule has 0 bridgehead atoms. The summed E-state index contributed by atoms with van der Waals surface area (Å²) in [5, 5.41) is 2.91. The second-order valence-electron chi connectivity index (χ2n) is 5.21.